The fraction of sp³-hybridized carbons (Fsp3) is 0.269. The van der Waals surface area contributed by atoms with Crippen LogP contribution in [0.2, 0.25) is 0 Å². The summed E-state index contributed by atoms with van der Waals surface area (Å²) in [5.74, 6) is -0.552. The lowest BCUT2D eigenvalue weighted by Crippen LogP contribution is -2.45. The molecular formula is C26H31N3O5S2. The average Bonchev–Trinajstić information content (AvgIpc) is 2.75. The first-order valence-corrected chi connectivity index (χ1v) is 14.6. The summed E-state index contributed by atoms with van der Waals surface area (Å²) in [6.07, 6.45) is 1.05. The number of nitrogens with zero attached hydrogens (tertiary/aromatic N) is 1. The monoisotopic (exact) mass is 529 g/mol. The smallest absolute Gasteiger partial charge is 0.261 e. The zero-order valence-corrected chi connectivity index (χ0v) is 22.8. The van der Waals surface area contributed by atoms with Crippen LogP contribution >= 0.6 is 0 Å². The van der Waals surface area contributed by atoms with E-state index < -0.39 is 32.0 Å². The molecule has 0 aliphatic rings. The lowest BCUT2D eigenvalue weighted by molar-refractivity contribution is -0.116. The summed E-state index contributed by atoms with van der Waals surface area (Å²) < 4.78 is 54.3. The molecule has 0 fully saturated rings. The Hall–Kier alpha value is -3.37. The first-order valence-electron chi connectivity index (χ1n) is 11.3. The molecule has 1 atom stereocenters. The van der Waals surface area contributed by atoms with Gasteiger partial charge in [0, 0.05) is 11.4 Å². The van der Waals surface area contributed by atoms with Crippen molar-refractivity contribution >= 4 is 43.0 Å². The van der Waals surface area contributed by atoms with E-state index >= 15 is 0 Å². The van der Waals surface area contributed by atoms with Gasteiger partial charge in [-0.05, 0) is 105 Å². The molecule has 0 saturated heterocycles. The van der Waals surface area contributed by atoms with Gasteiger partial charge < -0.3 is 5.32 Å². The molecule has 10 heteroatoms. The number of carbonyl (C=O) groups is 1. The maximum absolute atomic E-state index is 13.0. The van der Waals surface area contributed by atoms with Gasteiger partial charge >= 0.3 is 0 Å². The first kappa shape index (κ1) is 27.2. The van der Waals surface area contributed by atoms with Crippen LogP contribution in [0.5, 0.6) is 0 Å². The van der Waals surface area contributed by atoms with Gasteiger partial charge in [-0.1, -0.05) is 12.1 Å². The van der Waals surface area contributed by atoms with Gasteiger partial charge in [0.15, 0.2) is 0 Å². The highest BCUT2D eigenvalue weighted by atomic mass is 32.2. The van der Waals surface area contributed by atoms with Crippen LogP contribution in [0.3, 0.4) is 0 Å². The van der Waals surface area contributed by atoms with Gasteiger partial charge in [0.1, 0.15) is 6.04 Å². The van der Waals surface area contributed by atoms with Crippen molar-refractivity contribution in [2.24, 2.45) is 0 Å². The number of hydrogen-bond acceptors (Lipinski definition) is 5. The number of hydrogen-bond donors (Lipinski definition) is 2. The predicted molar refractivity (Wildman–Crippen MR) is 144 cm³/mol. The van der Waals surface area contributed by atoms with E-state index in [-0.39, 0.29) is 4.90 Å². The Kier molecular flexibility index (Phi) is 7.80. The second-order valence-electron chi connectivity index (χ2n) is 9.00. The molecule has 2 N–H and O–H groups in total. The fourth-order valence-electron chi connectivity index (χ4n) is 3.87. The number of rotatable bonds is 8. The maximum atomic E-state index is 13.0. The minimum absolute atomic E-state index is 0.0276. The molecule has 0 aliphatic carbocycles. The number of anilines is 3. The maximum Gasteiger partial charge on any atom is 0.261 e. The molecule has 0 unspecified atom stereocenters. The molecule has 0 aromatic heterocycles. The summed E-state index contributed by atoms with van der Waals surface area (Å²) in [5.41, 5.74) is 4.96. The van der Waals surface area contributed by atoms with Gasteiger partial charge in [-0.2, -0.15) is 0 Å². The van der Waals surface area contributed by atoms with Crippen LogP contribution in [0.1, 0.15) is 29.2 Å². The molecule has 0 radical (unpaired) electrons. The zero-order chi connectivity index (χ0) is 26.8. The van der Waals surface area contributed by atoms with E-state index in [1.54, 1.807) is 24.3 Å². The van der Waals surface area contributed by atoms with Crippen molar-refractivity contribution in [3.05, 3.63) is 82.9 Å². The van der Waals surface area contributed by atoms with Gasteiger partial charge in [0.05, 0.1) is 16.8 Å². The van der Waals surface area contributed by atoms with Crippen LogP contribution in [-0.2, 0) is 24.8 Å². The lowest BCUT2D eigenvalue weighted by atomic mass is 10.1. The van der Waals surface area contributed by atoms with Crippen LogP contribution < -0.4 is 14.3 Å². The molecule has 192 valence electrons. The normalized spacial score (nSPS) is 12.6. The molecule has 3 aromatic rings. The summed E-state index contributed by atoms with van der Waals surface area (Å²) in [5, 5.41) is 2.68. The van der Waals surface area contributed by atoms with E-state index in [4.69, 9.17) is 0 Å². The molecule has 0 aliphatic heterocycles. The number of aryl methyl sites for hydroxylation is 4. The highest BCUT2D eigenvalue weighted by Crippen LogP contribution is 2.25. The van der Waals surface area contributed by atoms with Crippen LogP contribution in [-0.4, -0.2) is 35.0 Å². The van der Waals surface area contributed by atoms with Gasteiger partial charge in [0.2, 0.25) is 15.9 Å². The highest BCUT2D eigenvalue weighted by Gasteiger charge is 2.29. The van der Waals surface area contributed by atoms with E-state index in [2.05, 4.69) is 10.0 Å². The summed E-state index contributed by atoms with van der Waals surface area (Å²) in [7, 11) is -7.60. The Bertz CT molecular complexity index is 1480. The van der Waals surface area contributed by atoms with Gasteiger partial charge in [0.25, 0.3) is 10.0 Å². The average molecular weight is 530 g/mol. The Morgan fingerprint density at radius 3 is 1.86 bits per heavy atom. The van der Waals surface area contributed by atoms with Crippen LogP contribution in [0, 0.1) is 27.7 Å². The number of sulfonamides is 2. The van der Waals surface area contributed by atoms with Crippen molar-refractivity contribution in [3.63, 3.8) is 0 Å². The Morgan fingerprint density at radius 1 is 0.778 bits per heavy atom. The van der Waals surface area contributed by atoms with Gasteiger partial charge in [-0.25, -0.2) is 16.8 Å². The predicted octanol–water partition coefficient (Wildman–Crippen LogP) is 4.51. The van der Waals surface area contributed by atoms with E-state index in [1.165, 1.54) is 31.2 Å². The summed E-state index contributed by atoms with van der Waals surface area (Å²) in [6, 6.07) is 15.2. The van der Waals surface area contributed by atoms with Crippen molar-refractivity contribution in [1.29, 1.82) is 0 Å². The standard InChI is InChI=1S/C26H31N3O5S2/c1-17-13-18(2)15-24(14-17)29(35(6,31)32)21(5)26(30)27-22-9-11-25(12-10-22)36(33,34)28-23-8-7-19(3)20(4)16-23/h7-16,21,28H,1-6H3,(H,27,30)/t21-/m1/s1. The zero-order valence-electron chi connectivity index (χ0n) is 21.2. The van der Waals surface area contributed by atoms with Crippen LogP contribution in [0.25, 0.3) is 0 Å². The van der Waals surface area contributed by atoms with E-state index in [0.717, 1.165) is 32.8 Å². The Morgan fingerprint density at radius 2 is 1.33 bits per heavy atom. The molecule has 3 rings (SSSR count). The topological polar surface area (TPSA) is 113 Å². The number of amides is 1. The third-order valence-electron chi connectivity index (χ3n) is 5.74. The van der Waals surface area contributed by atoms with Crippen LogP contribution in [0.15, 0.2) is 65.6 Å². The minimum Gasteiger partial charge on any atom is -0.324 e. The van der Waals surface area contributed by atoms with Crippen molar-refractivity contribution in [2.75, 3.05) is 20.6 Å². The minimum atomic E-state index is -3.83. The third-order valence-corrected chi connectivity index (χ3v) is 8.38. The highest BCUT2D eigenvalue weighted by molar-refractivity contribution is 7.92. The van der Waals surface area contributed by atoms with E-state index in [1.807, 2.05) is 39.8 Å². The molecule has 0 bridgehead atoms. The number of carbonyl (C=O) groups excluding carboxylic acids is 1. The SMILES string of the molecule is Cc1cc(C)cc(N([C@H](C)C(=O)Nc2ccc(S(=O)(=O)Nc3ccc(C)c(C)c3)cc2)S(C)(=O)=O)c1. The fourth-order valence-corrected chi connectivity index (χ4v) is 6.08. The largest absolute Gasteiger partial charge is 0.324 e. The quantitative estimate of drug-likeness (QED) is 0.446. The molecule has 8 nitrogen and oxygen atoms in total. The number of nitrogens with one attached hydrogen (secondary N) is 2. The number of benzene rings is 3. The van der Waals surface area contributed by atoms with Gasteiger partial charge in [-0.3, -0.25) is 13.8 Å². The van der Waals surface area contributed by atoms with Crippen molar-refractivity contribution in [3.8, 4) is 0 Å². The molecule has 36 heavy (non-hydrogen) atoms. The van der Waals surface area contributed by atoms with Crippen molar-refractivity contribution < 1.29 is 21.6 Å². The molecule has 0 heterocycles. The molecule has 3 aromatic carbocycles. The van der Waals surface area contributed by atoms with Crippen LogP contribution in [0.4, 0.5) is 17.1 Å². The molecular weight excluding hydrogens is 498 g/mol. The molecule has 0 spiro atoms. The van der Waals surface area contributed by atoms with Gasteiger partial charge in [-0.15, -0.1) is 0 Å². The van der Waals surface area contributed by atoms with E-state index in [0.29, 0.717) is 17.1 Å². The van der Waals surface area contributed by atoms with Crippen molar-refractivity contribution in [1.82, 2.24) is 0 Å². The molecule has 0 saturated carbocycles. The summed E-state index contributed by atoms with van der Waals surface area (Å²) in [6.45, 7) is 9.05. The third kappa shape index (κ3) is 6.44. The lowest BCUT2D eigenvalue weighted by Gasteiger charge is -2.28. The van der Waals surface area contributed by atoms with E-state index in [9.17, 15) is 21.6 Å². The van der Waals surface area contributed by atoms with Crippen molar-refractivity contribution in [2.45, 2.75) is 45.6 Å². The second kappa shape index (κ2) is 10.3. The molecule has 1 amide bonds. The summed E-state index contributed by atoms with van der Waals surface area (Å²) in [4.78, 5) is 13.0. The Labute approximate surface area is 213 Å². The first-order chi connectivity index (χ1) is 16.7. The Balaban J connectivity index is 1.78. The second-order valence-corrected chi connectivity index (χ2v) is 12.5. The summed E-state index contributed by atoms with van der Waals surface area (Å²) >= 11 is 0.